The maximum absolute atomic E-state index is 13.2. The lowest BCUT2D eigenvalue weighted by Crippen LogP contribution is -2.62. The summed E-state index contributed by atoms with van der Waals surface area (Å²) in [6.45, 7) is 3.31. The van der Waals surface area contributed by atoms with Gasteiger partial charge in [-0.05, 0) is 25.1 Å². The van der Waals surface area contributed by atoms with Crippen molar-refractivity contribution in [1.29, 1.82) is 5.26 Å². The summed E-state index contributed by atoms with van der Waals surface area (Å²) in [6, 6.07) is 7.02. The molecule has 2 aliphatic heterocycles. The molecule has 7 nitrogen and oxygen atoms in total. The standard InChI is InChI=1S/C20H19F3N6O/c1-19(30,27-9-6-25-7-10-27)28-8-5-17(29-18(28)15(12-24)13-26-29)14-3-2-4-16(11-14)20(21,22)23/h2-6,11,13,30H,7-10H2,1H3. The van der Waals surface area contributed by atoms with Gasteiger partial charge < -0.3 is 10.0 Å². The number of alkyl halides is 3. The van der Waals surface area contributed by atoms with Crippen LogP contribution in [0.1, 0.15) is 23.6 Å². The number of rotatable bonds is 3. The molecular formula is C20H19F3N6O. The average Bonchev–Trinajstić information content (AvgIpc) is 3.17. The number of nitriles is 1. The van der Waals surface area contributed by atoms with Crippen LogP contribution < -0.4 is 4.90 Å². The third-order valence-corrected chi connectivity index (χ3v) is 5.34. The van der Waals surface area contributed by atoms with Gasteiger partial charge in [-0.3, -0.25) is 9.89 Å². The summed E-state index contributed by atoms with van der Waals surface area (Å²) in [6.07, 6.45) is 0.293. The summed E-state index contributed by atoms with van der Waals surface area (Å²) in [4.78, 5) is 7.59. The van der Waals surface area contributed by atoms with Gasteiger partial charge in [0.15, 0.2) is 11.7 Å². The van der Waals surface area contributed by atoms with Crippen molar-refractivity contribution in [2.75, 3.05) is 31.1 Å². The molecule has 0 aliphatic carbocycles. The van der Waals surface area contributed by atoms with E-state index in [4.69, 9.17) is 0 Å². The first-order valence-corrected chi connectivity index (χ1v) is 9.33. The molecule has 0 saturated heterocycles. The normalized spacial score (nSPS) is 19.1. The Labute approximate surface area is 171 Å². The quantitative estimate of drug-likeness (QED) is 0.832. The first kappa shape index (κ1) is 20.1. The van der Waals surface area contributed by atoms with Crippen LogP contribution in [0.3, 0.4) is 0 Å². The highest BCUT2D eigenvalue weighted by Gasteiger charge is 2.41. The Balaban J connectivity index is 1.78. The number of aliphatic imine (C=N–C) groups is 1. The van der Waals surface area contributed by atoms with Crippen molar-refractivity contribution in [2.45, 2.75) is 18.9 Å². The molecule has 1 atom stereocenters. The van der Waals surface area contributed by atoms with Crippen LogP contribution in [0.2, 0.25) is 0 Å². The lowest BCUT2D eigenvalue weighted by atomic mass is 10.1. The zero-order chi connectivity index (χ0) is 21.5. The number of aromatic nitrogens is 2. The SMILES string of the molecule is CC(O)(N1CC=NCC1)N1CC=C(c2cccc(C(F)(F)F)c2)n2ncc(C#N)c21. The Hall–Kier alpha value is -3.16. The van der Waals surface area contributed by atoms with Crippen LogP contribution in [0, 0.1) is 11.3 Å². The Morgan fingerprint density at radius 1 is 1.23 bits per heavy atom. The highest BCUT2D eigenvalue weighted by atomic mass is 19.4. The molecule has 1 aromatic heterocycles. The van der Waals surface area contributed by atoms with Gasteiger partial charge in [-0.25, -0.2) is 4.68 Å². The summed E-state index contributed by atoms with van der Waals surface area (Å²) in [5.74, 6) is -1.12. The second-order valence-corrected chi connectivity index (χ2v) is 7.19. The molecular weight excluding hydrogens is 397 g/mol. The van der Waals surface area contributed by atoms with E-state index in [9.17, 15) is 23.5 Å². The zero-order valence-electron chi connectivity index (χ0n) is 16.1. The lowest BCUT2D eigenvalue weighted by Gasteiger charge is -2.46. The van der Waals surface area contributed by atoms with Gasteiger partial charge >= 0.3 is 6.18 Å². The van der Waals surface area contributed by atoms with Gasteiger partial charge in [-0.15, -0.1) is 0 Å². The third kappa shape index (κ3) is 3.36. The van der Waals surface area contributed by atoms with Crippen molar-refractivity contribution >= 4 is 17.7 Å². The van der Waals surface area contributed by atoms with E-state index in [2.05, 4.69) is 16.2 Å². The fourth-order valence-corrected chi connectivity index (χ4v) is 3.75. The molecule has 10 heteroatoms. The number of hydrogen-bond donors (Lipinski definition) is 1. The van der Waals surface area contributed by atoms with E-state index in [1.807, 2.05) is 4.90 Å². The van der Waals surface area contributed by atoms with Crippen LogP contribution >= 0.6 is 0 Å². The molecule has 0 saturated carbocycles. The molecule has 3 heterocycles. The van der Waals surface area contributed by atoms with Gasteiger partial charge in [0, 0.05) is 31.4 Å². The topological polar surface area (TPSA) is 80.7 Å². The highest BCUT2D eigenvalue weighted by molar-refractivity contribution is 5.75. The van der Waals surface area contributed by atoms with Gasteiger partial charge in [0.25, 0.3) is 0 Å². The number of benzene rings is 1. The van der Waals surface area contributed by atoms with Crippen LogP contribution in [0.15, 0.2) is 41.5 Å². The van der Waals surface area contributed by atoms with E-state index < -0.39 is 17.6 Å². The first-order chi connectivity index (χ1) is 14.2. The molecule has 1 N–H and O–H groups in total. The van der Waals surface area contributed by atoms with Crippen molar-refractivity contribution in [3.05, 3.63) is 53.2 Å². The van der Waals surface area contributed by atoms with Crippen molar-refractivity contribution in [3.8, 4) is 6.07 Å². The van der Waals surface area contributed by atoms with Crippen LogP contribution in [0.5, 0.6) is 0 Å². The number of hydrogen-bond acceptors (Lipinski definition) is 6. The number of nitrogens with zero attached hydrogens (tertiary/aromatic N) is 6. The Morgan fingerprint density at radius 3 is 2.70 bits per heavy atom. The second-order valence-electron chi connectivity index (χ2n) is 7.19. The third-order valence-electron chi connectivity index (χ3n) is 5.34. The maximum Gasteiger partial charge on any atom is 0.416 e. The Morgan fingerprint density at radius 2 is 2.03 bits per heavy atom. The molecule has 4 rings (SSSR count). The monoisotopic (exact) mass is 416 g/mol. The van der Waals surface area contributed by atoms with E-state index in [0.717, 1.165) is 12.1 Å². The number of halogens is 3. The molecule has 0 amide bonds. The zero-order valence-corrected chi connectivity index (χ0v) is 16.1. The summed E-state index contributed by atoms with van der Waals surface area (Å²) in [5.41, 5.74) is 0.198. The predicted molar refractivity (Wildman–Crippen MR) is 105 cm³/mol. The minimum absolute atomic E-state index is 0.187. The molecule has 0 radical (unpaired) electrons. The van der Waals surface area contributed by atoms with E-state index >= 15 is 0 Å². The number of fused-ring (bicyclic) bond motifs is 1. The second kappa shape index (κ2) is 7.27. The summed E-state index contributed by atoms with van der Waals surface area (Å²) < 4.78 is 40.9. The van der Waals surface area contributed by atoms with Crippen LogP contribution in [0.4, 0.5) is 19.0 Å². The van der Waals surface area contributed by atoms with Crippen molar-refractivity contribution < 1.29 is 18.3 Å². The molecule has 0 bridgehead atoms. The largest absolute Gasteiger partial charge is 0.416 e. The fourth-order valence-electron chi connectivity index (χ4n) is 3.75. The van der Waals surface area contributed by atoms with E-state index in [1.54, 1.807) is 30.2 Å². The maximum atomic E-state index is 13.2. The molecule has 30 heavy (non-hydrogen) atoms. The minimum Gasteiger partial charge on any atom is -0.358 e. The summed E-state index contributed by atoms with van der Waals surface area (Å²) in [5, 5.41) is 25.1. The molecule has 2 aromatic rings. The van der Waals surface area contributed by atoms with Crippen molar-refractivity contribution in [3.63, 3.8) is 0 Å². The number of anilines is 1. The molecule has 1 aromatic carbocycles. The minimum atomic E-state index is -4.47. The molecule has 1 unspecified atom stereocenters. The Bertz CT molecular complexity index is 1060. The lowest BCUT2D eigenvalue weighted by molar-refractivity contribution is -0.137. The first-order valence-electron chi connectivity index (χ1n) is 9.33. The van der Waals surface area contributed by atoms with Gasteiger partial charge in [0.2, 0.25) is 0 Å². The Kier molecular flexibility index (Phi) is 4.88. The molecule has 0 spiro atoms. The van der Waals surface area contributed by atoms with Crippen LogP contribution in [-0.4, -0.2) is 58.0 Å². The molecule has 0 fully saturated rings. The molecule has 156 valence electrons. The summed E-state index contributed by atoms with van der Waals surface area (Å²) in [7, 11) is 0. The number of aliphatic hydroxyl groups is 1. The smallest absolute Gasteiger partial charge is 0.358 e. The van der Waals surface area contributed by atoms with Gasteiger partial charge in [-0.1, -0.05) is 12.1 Å². The van der Waals surface area contributed by atoms with Crippen LogP contribution in [0.25, 0.3) is 5.70 Å². The highest BCUT2D eigenvalue weighted by Crippen LogP contribution is 2.37. The average molecular weight is 416 g/mol. The van der Waals surface area contributed by atoms with Crippen molar-refractivity contribution in [1.82, 2.24) is 14.7 Å². The van der Waals surface area contributed by atoms with Gasteiger partial charge in [0.05, 0.1) is 24.0 Å². The van der Waals surface area contributed by atoms with E-state index in [1.165, 1.54) is 16.9 Å². The van der Waals surface area contributed by atoms with E-state index in [-0.39, 0.29) is 12.1 Å². The van der Waals surface area contributed by atoms with Gasteiger partial charge in [0.1, 0.15) is 11.6 Å². The van der Waals surface area contributed by atoms with Gasteiger partial charge in [-0.2, -0.15) is 23.5 Å². The van der Waals surface area contributed by atoms with Crippen molar-refractivity contribution in [2.24, 2.45) is 4.99 Å². The predicted octanol–water partition coefficient (Wildman–Crippen LogP) is 2.54. The molecule has 2 aliphatic rings. The van der Waals surface area contributed by atoms with Crippen LogP contribution in [-0.2, 0) is 6.18 Å². The van der Waals surface area contributed by atoms with E-state index in [0.29, 0.717) is 36.7 Å². The summed E-state index contributed by atoms with van der Waals surface area (Å²) >= 11 is 0. The fraction of sp³-hybridized carbons (Fsp3) is 0.350.